The molecular weight excluding hydrogens is 330 g/mol. The zero-order valence-electron chi connectivity index (χ0n) is 14.9. The normalized spacial score (nSPS) is 11.1. The molecule has 0 amide bonds. The molecule has 0 spiro atoms. The maximum atomic E-state index is 8.99. The lowest BCUT2D eigenvalue weighted by atomic mass is 9.76. The Morgan fingerprint density at radius 2 is 1.33 bits per heavy atom. The van der Waals surface area contributed by atoms with Crippen LogP contribution in [0.2, 0.25) is 0 Å². The molecule has 0 aliphatic rings. The minimum absolute atomic E-state index is 0.412. The van der Waals surface area contributed by atoms with Gasteiger partial charge in [-0.25, -0.2) is 4.98 Å². The molecule has 0 aliphatic heterocycles. The first-order valence-electron chi connectivity index (χ1n) is 8.91. The van der Waals surface area contributed by atoms with Crippen LogP contribution in [0.25, 0.3) is 0 Å². The highest BCUT2D eigenvalue weighted by Crippen LogP contribution is 2.40. The fraction of sp³-hybridized carbons (Fsp3) is 0.0833. The number of imidazole rings is 1. The van der Waals surface area contributed by atoms with Gasteiger partial charge in [0, 0.05) is 12.4 Å². The van der Waals surface area contributed by atoms with E-state index in [1.807, 2.05) is 43.0 Å². The van der Waals surface area contributed by atoms with Crippen LogP contribution < -0.4 is 0 Å². The quantitative estimate of drug-likeness (QED) is 0.486. The van der Waals surface area contributed by atoms with Crippen LogP contribution in [0.5, 0.6) is 0 Å². The fourth-order valence-electron chi connectivity index (χ4n) is 3.72. The Balaban J connectivity index is 2.04. The van der Waals surface area contributed by atoms with Crippen molar-refractivity contribution < 1.29 is 0 Å². The first-order chi connectivity index (χ1) is 13.4. The van der Waals surface area contributed by atoms with Gasteiger partial charge < -0.3 is 4.57 Å². The summed E-state index contributed by atoms with van der Waals surface area (Å²) in [5.41, 5.74) is 3.91. The minimum Gasteiger partial charge on any atom is -0.319 e. The highest BCUT2D eigenvalue weighted by atomic mass is 15.1. The van der Waals surface area contributed by atoms with E-state index in [0.717, 1.165) is 22.3 Å². The Hall–Kier alpha value is -3.64. The number of hydrogen-bond donors (Lipinski definition) is 0. The molecule has 1 heterocycles. The van der Waals surface area contributed by atoms with Gasteiger partial charge in [-0.1, -0.05) is 84.9 Å². The third-order valence-electron chi connectivity index (χ3n) is 4.93. The Morgan fingerprint density at radius 1 is 0.778 bits per heavy atom. The molecule has 3 heteroatoms. The van der Waals surface area contributed by atoms with Crippen molar-refractivity contribution in [1.82, 2.24) is 9.55 Å². The van der Waals surface area contributed by atoms with Crippen molar-refractivity contribution in [2.45, 2.75) is 12.0 Å². The minimum atomic E-state index is -0.538. The summed E-state index contributed by atoms with van der Waals surface area (Å²) in [7, 11) is 0. The Morgan fingerprint density at radius 3 is 1.81 bits per heavy atom. The topological polar surface area (TPSA) is 41.6 Å². The van der Waals surface area contributed by atoms with E-state index in [1.165, 1.54) is 0 Å². The van der Waals surface area contributed by atoms with E-state index in [0.29, 0.717) is 6.42 Å². The predicted octanol–water partition coefficient (Wildman–Crippen LogP) is 4.79. The molecule has 0 atom stereocenters. The lowest BCUT2D eigenvalue weighted by molar-refractivity contribution is 0.514. The molecule has 0 saturated heterocycles. The van der Waals surface area contributed by atoms with Crippen LogP contribution in [0.3, 0.4) is 0 Å². The fourth-order valence-corrected chi connectivity index (χ4v) is 3.72. The first kappa shape index (κ1) is 16.8. The molecule has 130 valence electrons. The van der Waals surface area contributed by atoms with E-state index in [-0.39, 0.29) is 0 Å². The summed E-state index contributed by atoms with van der Waals surface area (Å²) in [5.74, 6) is 0. The molecule has 0 bridgehead atoms. The number of aromatic nitrogens is 2. The van der Waals surface area contributed by atoms with Crippen molar-refractivity contribution in [3.05, 3.63) is 126 Å². The molecule has 0 fully saturated rings. The maximum Gasteiger partial charge on any atom is 0.121 e. The second-order valence-corrected chi connectivity index (χ2v) is 6.44. The maximum absolute atomic E-state index is 8.99. The summed E-state index contributed by atoms with van der Waals surface area (Å²) in [4.78, 5) is 4.33. The van der Waals surface area contributed by atoms with Crippen molar-refractivity contribution in [3.63, 3.8) is 0 Å². The molecule has 4 rings (SSSR count). The number of nitriles is 1. The van der Waals surface area contributed by atoms with Crippen molar-refractivity contribution in [1.29, 1.82) is 5.26 Å². The van der Waals surface area contributed by atoms with Gasteiger partial charge in [0.05, 0.1) is 18.8 Å². The average molecular weight is 349 g/mol. The van der Waals surface area contributed by atoms with Gasteiger partial charge in [-0.3, -0.25) is 0 Å². The molecule has 0 radical (unpaired) electrons. The molecule has 0 aliphatic carbocycles. The third-order valence-corrected chi connectivity index (χ3v) is 4.93. The number of rotatable bonds is 5. The standard InChI is InChI=1S/C24H19N3/c25-16-15-20-11-13-23(14-12-20)24(27-18-17-26-19-27,21-7-3-1-4-8-21)22-9-5-2-6-10-22/h1-14,17-19H,15H2. The van der Waals surface area contributed by atoms with E-state index < -0.39 is 5.54 Å². The number of hydrogen-bond acceptors (Lipinski definition) is 2. The van der Waals surface area contributed by atoms with Crippen molar-refractivity contribution in [3.8, 4) is 6.07 Å². The van der Waals surface area contributed by atoms with Crippen LogP contribution in [0.15, 0.2) is 104 Å². The zero-order valence-corrected chi connectivity index (χ0v) is 14.9. The number of nitrogens with zero attached hydrogens (tertiary/aromatic N) is 3. The molecular formula is C24H19N3. The van der Waals surface area contributed by atoms with Gasteiger partial charge in [-0.2, -0.15) is 5.26 Å². The van der Waals surface area contributed by atoms with Crippen molar-refractivity contribution in [2.75, 3.05) is 0 Å². The van der Waals surface area contributed by atoms with Crippen molar-refractivity contribution in [2.24, 2.45) is 0 Å². The van der Waals surface area contributed by atoms with Gasteiger partial charge in [0.1, 0.15) is 5.54 Å². The largest absolute Gasteiger partial charge is 0.319 e. The van der Waals surface area contributed by atoms with Crippen molar-refractivity contribution >= 4 is 0 Å². The lowest BCUT2D eigenvalue weighted by Crippen LogP contribution is -2.36. The summed E-state index contributed by atoms with van der Waals surface area (Å²) in [5, 5.41) is 8.99. The van der Waals surface area contributed by atoms with Crippen LogP contribution in [-0.4, -0.2) is 9.55 Å². The molecule has 3 nitrogen and oxygen atoms in total. The Labute approximate surface area is 159 Å². The smallest absolute Gasteiger partial charge is 0.121 e. The van der Waals surface area contributed by atoms with Gasteiger partial charge in [0.15, 0.2) is 0 Å². The molecule has 4 aromatic rings. The monoisotopic (exact) mass is 349 g/mol. The molecule has 0 unspecified atom stereocenters. The van der Waals surface area contributed by atoms with Gasteiger partial charge >= 0.3 is 0 Å². The molecule has 1 aromatic heterocycles. The molecule has 0 saturated carbocycles. The Bertz CT molecular complexity index is 989. The van der Waals surface area contributed by atoms with Crippen LogP contribution in [0, 0.1) is 11.3 Å². The van der Waals surface area contributed by atoms with Gasteiger partial charge in [0.2, 0.25) is 0 Å². The third kappa shape index (κ3) is 2.92. The average Bonchev–Trinajstić information content (AvgIpc) is 3.27. The predicted molar refractivity (Wildman–Crippen MR) is 106 cm³/mol. The zero-order chi connectivity index (χ0) is 18.5. The second kappa shape index (κ2) is 7.31. The number of benzene rings is 3. The highest BCUT2D eigenvalue weighted by molar-refractivity contribution is 5.51. The Kier molecular flexibility index (Phi) is 4.55. The van der Waals surface area contributed by atoms with Crippen LogP contribution >= 0.6 is 0 Å². The summed E-state index contributed by atoms with van der Waals surface area (Å²) in [6.07, 6.45) is 6.09. The van der Waals surface area contributed by atoms with E-state index >= 15 is 0 Å². The van der Waals surface area contributed by atoms with E-state index in [9.17, 15) is 0 Å². The lowest BCUT2D eigenvalue weighted by Gasteiger charge is -2.37. The van der Waals surface area contributed by atoms with E-state index in [1.54, 1.807) is 0 Å². The van der Waals surface area contributed by atoms with E-state index in [2.05, 4.69) is 76.3 Å². The van der Waals surface area contributed by atoms with E-state index in [4.69, 9.17) is 5.26 Å². The van der Waals surface area contributed by atoms with Gasteiger partial charge in [0.25, 0.3) is 0 Å². The van der Waals surface area contributed by atoms with Crippen LogP contribution in [0.1, 0.15) is 22.3 Å². The summed E-state index contributed by atoms with van der Waals surface area (Å²) in [6.45, 7) is 0. The van der Waals surface area contributed by atoms with Crippen LogP contribution in [-0.2, 0) is 12.0 Å². The molecule has 27 heavy (non-hydrogen) atoms. The summed E-state index contributed by atoms with van der Waals surface area (Å²) < 4.78 is 2.15. The SMILES string of the molecule is N#CCc1ccc(C(c2ccccc2)(c2ccccc2)n2ccnc2)cc1. The van der Waals surface area contributed by atoms with Gasteiger partial charge in [-0.05, 0) is 22.3 Å². The second-order valence-electron chi connectivity index (χ2n) is 6.44. The summed E-state index contributed by atoms with van der Waals surface area (Å²) in [6, 6.07) is 31.4. The molecule has 0 N–H and O–H groups in total. The van der Waals surface area contributed by atoms with Crippen LogP contribution in [0.4, 0.5) is 0 Å². The molecule has 3 aromatic carbocycles. The van der Waals surface area contributed by atoms with Gasteiger partial charge in [-0.15, -0.1) is 0 Å². The first-order valence-corrected chi connectivity index (χ1v) is 8.91. The summed E-state index contributed by atoms with van der Waals surface area (Å²) >= 11 is 0. The highest BCUT2D eigenvalue weighted by Gasteiger charge is 2.37.